The quantitative estimate of drug-likeness (QED) is 0.634. The summed E-state index contributed by atoms with van der Waals surface area (Å²) < 4.78 is 5.75. The summed E-state index contributed by atoms with van der Waals surface area (Å²) in [5, 5.41) is 7.51. The Hall–Kier alpha value is -1.71. The summed E-state index contributed by atoms with van der Waals surface area (Å²) in [6.07, 6.45) is 2.60. The Balaban J connectivity index is 2.28. The Morgan fingerprint density at radius 2 is 2.28 bits per heavy atom. The minimum atomic E-state index is 0.254. The largest absolute Gasteiger partial charge is 0.491 e. The topological polar surface area (TPSA) is 62.3 Å². The fraction of sp³-hybridized carbons (Fsp3) is 0.500. The van der Waals surface area contributed by atoms with Crippen LogP contribution in [0.3, 0.4) is 0 Å². The molecule has 0 aromatic heterocycles. The van der Waals surface area contributed by atoms with Crippen molar-refractivity contribution in [2.75, 3.05) is 18.1 Å². The molecular formula is C14H21N3O. The maximum absolute atomic E-state index is 7.51. The second-order valence-corrected chi connectivity index (χ2v) is 4.65. The molecule has 1 atom stereocenters. The van der Waals surface area contributed by atoms with E-state index < -0.39 is 0 Å². The van der Waals surface area contributed by atoms with Crippen LogP contribution in [0.15, 0.2) is 24.3 Å². The van der Waals surface area contributed by atoms with Gasteiger partial charge in [-0.2, -0.15) is 0 Å². The summed E-state index contributed by atoms with van der Waals surface area (Å²) in [5.41, 5.74) is 6.69. The number of benzene rings is 1. The van der Waals surface area contributed by atoms with E-state index in [9.17, 15) is 0 Å². The average molecular weight is 247 g/mol. The summed E-state index contributed by atoms with van der Waals surface area (Å²) in [5.74, 6) is 1.20. The van der Waals surface area contributed by atoms with Crippen LogP contribution in [0.25, 0.3) is 0 Å². The van der Waals surface area contributed by atoms with E-state index in [-0.39, 0.29) is 11.9 Å². The normalized spacial score (nSPS) is 16.4. The second-order valence-electron chi connectivity index (χ2n) is 4.65. The Labute approximate surface area is 108 Å². The SMILES string of the molecule is CCC(CC(=N)N)N1CCCOc2ccccc21. The molecule has 1 aromatic carbocycles. The van der Waals surface area contributed by atoms with Crippen molar-refractivity contribution in [1.82, 2.24) is 0 Å². The third-order valence-electron chi connectivity index (χ3n) is 3.34. The monoisotopic (exact) mass is 247 g/mol. The number of hydrogen-bond donors (Lipinski definition) is 2. The number of anilines is 1. The van der Waals surface area contributed by atoms with Crippen molar-refractivity contribution in [3.8, 4) is 5.75 Å². The fourth-order valence-corrected chi connectivity index (χ4v) is 2.46. The molecule has 0 radical (unpaired) electrons. The minimum Gasteiger partial charge on any atom is -0.491 e. The van der Waals surface area contributed by atoms with Gasteiger partial charge in [-0.3, -0.25) is 5.41 Å². The third-order valence-corrected chi connectivity index (χ3v) is 3.34. The Morgan fingerprint density at radius 3 is 3.00 bits per heavy atom. The molecule has 0 amide bonds. The van der Waals surface area contributed by atoms with E-state index in [4.69, 9.17) is 15.9 Å². The molecular weight excluding hydrogens is 226 g/mol. The van der Waals surface area contributed by atoms with Gasteiger partial charge in [0, 0.05) is 19.0 Å². The van der Waals surface area contributed by atoms with Crippen molar-refractivity contribution < 1.29 is 4.74 Å². The summed E-state index contributed by atoms with van der Waals surface area (Å²) in [4.78, 5) is 2.34. The third kappa shape index (κ3) is 2.75. The Bertz CT molecular complexity index is 419. The minimum absolute atomic E-state index is 0.254. The zero-order valence-corrected chi connectivity index (χ0v) is 10.9. The van der Waals surface area contributed by atoms with Gasteiger partial charge < -0.3 is 15.4 Å². The molecule has 4 nitrogen and oxygen atoms in total. The summed E-state index contributed by atoms with van der Waals surface area (Å²) in [7, 11) is 0. The number of para-hydroxylation sites is 2. The maximum atomic E-state index is 7.51. The van der Waals surface area contributed by atoms with E-state index in [1.54, 1.807) is 0 Å². The molecule has 0 saturated heterocycles. The number of amidine groups is 1. The van der Waals surface area contributed by atoms with Crippen LogP contribution in [0.1, 0.15) is 26.2 Å². The molecule has 0 saturated carbocycles. The molecule has 0 bridgehead atoms. The molecule has 4 heteroatoms. The first-order valence-electron chi connectivity index (χ1n) is 6.53. The van der Waals surface area contributed by atoms with Gasteiger partial charge in [0.05, 0.1) is 18.1 Å². The van der Waals surface area contributed by atoms with Crippen molar-refractivity contribution in [3.63, 3.8) is 0 Å². The molecule has 0 fully saturated rings. The highest BCUT2D eigenvalue weighted by molar-refractivity contribution is 5.78. The maximum Gasteiger partial charge on any atom is 0.142 e. The van der Waals surface area contributed by atoms with E-state index in [1.807, 2.05) is 18.2 Å². The molecule has 1 aliphatic rings. The number of nitrogens with two attached hydrogens (primary N) is 1. The number of nitrogens with zero attached hydrogens (tertiary/aromatic N) is 1. The molecule has 1 unspecified atom stereocenters. The first-order valence-corrected chi connectivity index (χ1v) is 6.53. The van der Waals surface area contributed by atoms with Gasteiger partial charge in [-0.15, -0.1) is 0 Å². The first kappa shape index (κ1) is 12.7. The molecule has 3 N–H and O–H groups in total. The smallest absolute Gasteiger partial charge is 0.142 e. The van der Waals surface area contributed by atoms with Crippen LogP contribution in [0.4, 0.5) is 5.69 Å². The number of rotatable bonds is 4. The van der Waals surface area contributed by atoms with Crippen LogP contribution in [-0.2, 0) is 0 Å². The fourth-order valence-electron chi connectivity index (χ4n) is 2.46. The van der Waals surface area contributed by atoms with Crippen LogP contribution in [0.2, 0.25) is 0 Å². The standard InChI is InChI=1S/C14H21N3O/c1-2-11(10-14(15)16)17-8-5-9-18-13-7-4-3-6-12(13)17/h3-4,6-7,11H,2,5,8-10H2,1H3,(H3,15,16). The lowest BCUT2D eigenvalue weighted by Crippen LogP contribution is -2.38. The van der Waals surface area contributed by atoms with Gasteiger partial charge in [0.1, 0.15) is 5.75 Å². The molecule has 1 aliphatic heterocycles. The van der Waals surface area contributed by atoms with Crippen LogP contribution in [0.5, 0.6) is 5.75 Å². The van der Waals surface area contributed by atoms with Crippen LogP contribution in [-0.4, -0.2) is 25.0 Å². The Morgan fingerprint density at radius 1 is 1.50 bits per heavy atom. The highest BCUT2D eigenvalue weighted by atomic mass is 16.5. The van der Waals surface area contributed by atoms with Crippen molar-refractivity contribution in [1.29, 1.82) is 5.41 Å². The molecule has 98 valence electrons. The van der Waals surface area contributed by atoms with Gasteiger partial charge in [0.2, 0.25) is 0 Å². The predicted molar refractivity (Wildman–Crippen MR) is 74.5 cm³/mol. The molecule has 1 aromatic rings. The predicted octanol–water partition coefficient (Wildman–Crippen LogP) is 2.38. The van der Waals surface area contributed by atoms with Crippen molar-refractivity contribution in [3.05, 3.63) is 24.3 Å². The summed E-state index contributed by atoms with van der Waals surface area (Å²) >= 11 is 0. The zero-order chi connectivity index (χ0) is 13.0. The van der Waals surface area contributed by atoms with E-state index >= 15 is 0 Å². The van der Waals surface area contributed by atoms with Crippen LogP contribution < -0.4 is 15.4 Å². The lowest BCUT2D eigenvalue weighted by molar-refractivity contribution is 0.322. The second kappa shape index (κ2) is 5.76. The van der Waals surface area contributed by atoms with Gasteiger partial charge in [0.25, 0.3) is 0 Å². The molecule has 18 heavy (non-hydrogen) atoms. The summed E-state index contributed by atoms with van der Waals surface area (Å²) in [6, 6.07) is 8.40. The molecule has 0 spiro atoms. The molecule has 1 heterocycles. The first-order chi connectivity index (χ1) is 8.72. The van der Waals surface area contributed by atoms with Crippen LogP contribution >= 0.6 is 0 Å². The number of nitrogens with one attached hydrogen (secondary N) is 1. The number of hydrogen-bond acceptors (Lipinski definition) is 3. The number of ether oxygens (including phenoxy) is 1. The molecule has 2 rings (SSSR count). The Kier molecular flexibility index (Phi) is 4.07. The summed E-state index contributed by atoms with van der Waals surface area (Å²) in [6.45, 7) is 3.86. The highest BCUT2D eigenvalue weighted by Gasteiger charge is 2.22. The van der Waals surface area contributed by atoms with Crippen molar-refractivity contribution in [2.24, 2.45) is 5.73 Å². The highest BCUT2D eigenvalue weighted by Crippen LogP contribution is 2.33. The van der Waals surface area contributed by atoms with Crippen molar-refractivity contribution >= 4 is 11.5 Å². The van der Waals surface area contributed by atoms with E-state index in [0.29, 0.717) is 6.42 Å². The van der Waals surface area contributed by atoms with E-state index in [1.165, 1.54) is 0 Å². The van der Waals surface area contributed by atoms with Gasteiger partial charge >= 0.3 is 0 Å². The molecule has 0 aliphatic carbocycles. The van der Waals surface area contributed by atoms with Gasteiger partial charge in [-0.1, -0.05) is 19.1 Å². The zero-order valence-electron chi connectivity index (χ0n) is 10.9. The van der Waals surface area contributed by atoms with Crippen molar-refractivity contribution in [2.45, 2.75) is 32.2 Å². The van der Waals surface area contributed by atoms with Gasteiger partial charge in [-0.05, 0) is 25.0 Å². The lowest BCUT2D eigenvalue weighted by Gasteiger charge is -2.32. The van der Waals surface area contributed by atoms with Crippen LogP contribution in [0, 0.1) is 5.41 Å². The lowest BCUT2D eigenvalue weighted by atomic mass is 10.1. The van der Waals surface area contributed by atoms with Gasteiger partial charge in [-0.25, -0.2) is 0 Å². The van der Waals surface area contributed by atoms with E-state index in [2.05, 4.69) is 17.9 Å². The number of fused-ring (bicyclic) bond motifs is 1. The average Bonchev–Trinajstić information content (AvgIpc) is 2.58. The van der Waals surface area contributed by atoms with E-state index in [0.717, 1.165) is 37.4 Å². The van der Waals surface area contributed by atoms with Gasteiger partial charge in [0.15, 0.2) is 0 Å².